The molecule has 0 saturated carbocycles. The van der Waals surface area contributed by atoms with Gasteiger partial charge in [0.15, 0.2) is 0 Å². The Balaban J connectivity index is 2.74. The van der Waals surface area contributed by atoms with Gasteiger partial charge in [-0.1, -0.05) is 35.0 Å². The van der Waals surface area contributed by atoms with E-state index in [2.05, 4.69) is 0 Å². The molecule has 2 nitrogen and oxygen atoms in total. The maximum atomic E-state index is 10.1. The Morgan fingerprint density at radius 2 is 2.33 bits per heavy atom. The summed E-state index contributed by atoms with van der Waals surface area (Å²) in [6.07, 6.45) is 0.657. The van der Waals surface area contributed by atoms with E-state index in [-0.39, 0.29) is 0 Å². The Morgan fingerprint density at radius 1 is 1.67 bits per heavy atom. The molecule has 0 unspecified atom stereocenters. The quantitative estimate of drug-likeness (QED) is 0.457. The Labute approximate surface area is 66.8 Å². The average Bonchev–Trinajstić information content (AvgIpc) is 2.15. The van der Waals surface area contributed by atoms with Gasteiger partial charge in [0, 0.05) is 0 Å². The van der Waals surface area contributed by atoms with E-state index in [4.69, 9.17) is 23.2 Å². The van der Waals surface area contributed by atoms with Crippen molar-refractivity contribution in [3.8, 4) is 0 Å². The predicted octanol–water partition coefficient (Wildman–Crippen LogP) is 1.75. The standard InChI is InChI=1S/C4H3Cl2NOS/c5-3-4(6)9-2-7(3)1-8/h1H,2H2. The molecule has 50 valence electrons. The number of hydrogen-bond acceptors (Lipinski definition) is 2. The highest BCUT2D eigenvalue weighted by Gasteiger charge is 2.18. The van der Waals surface area contributed by atoms with Crippen LogP contribution in [-0.4, -0.2) is 17.2 Å². The molecule has 1 amide bonds. The lowest BCUT2D eigenvalue weighted by molar-refractivity contribution is -0.115. The Morgan fingerprint density at radius 3 is 2.56 bits per heavy atom. The van der Waals surface area contributed by atoms with E-state index in [1.54, 1.807) is 0 Å². The minimum atomic E-state index is 0.330. The zero-order valence-corrected chi connectivity index (χ0v) is 6.63. The first-order valence-electron chi connectivity index (χ1n) is 2.15. The maximum absolute atomic E-state index is 10.1. The van der Waals surface area contributed by atoms with Gasteiger partial charge in [-0.25, -0.2) is 0 Å². The largest absolute Gasteiger partial charge is 0.293 e. The summed E-state index contributed by atoms with van der Waals surface area (Å²) in [4.78, 5) is 11.4. The minimum absolute atomic E-state index is 0.330. The first-order chi connectivity index (χ1) is 4.25. The number of rotatable bonds is 1. The van der Waals surface area contributed by atoms with Crippen LogP contribution in [0, 0.1) is 0 Å². The molecule has 1 heterocycles. The third-order valence-electron chi connectivity index (χ3n) is 0.872. The highest BCUT2D eigenvalue weighted by Crippen LogP contribution is 2.35. The van der Waals surface area contributed by atoms with Gasteiger partial charge in [-0.2, -0.15) is 0 Å². The highest BCUT2D eigenvalue weighted by molar-refractivity contribution is 8.04. The molecular weight excluding hydrogens is 181 g/mol. The maximum Gasteiger partial charge on any atom is 0.215 e. The van der Waals surface area contributed by atoms with Crippen molar-refractivity contribution < 1.29 is 4.79 Å². The molecule has 0 bridgehead atoms. The fraction of sp³-hybridized carbons (Fsp3) is 0.250. The normalized spacial score (nSPS) is 19.1. The summed E-state index contributed by atoms with van der Waals surface area (Å²) in [5.74, 6) is 0.529. The highest BCUT2D eigenvalue weighted by atomic mass is 35.5. The summed E-state index contributed by atoms with van der Waals surface area (Å²) in [6, 6.07) is 0. The number of thioether (sulfide) groups is 1. The van der Waals surface area contributed by atoms with Gasteiger partial charge in [0.2, 0.25) is 6.41 Å². The lowest BCUT2D eigenvalue weighted by atomic mass is 10.8. The van der Waals surface area contributed by atoms with E-state index in [0.29, 0.717) is 21.8 Å². The van der Waals surface area contributed by atoms with Crippen LogP contribution in [0.5, 0.6) is 0 Å². The second-order valence-electron chi connectivity index (χ2n) is 1.41. The summed E-state index contributed by atoms with van der Waals surface area (Å²) in [5.41, 5.74) is 0. The number of amides is 1. The number of carbonyl (C=O) groups excluding carboxylic acids is 1. The van der Waals surface area contributed by atoms with Crippen LogP contribution < -0.4 is 0 Å². The molecule has 0 spiro atoms. The summed E-state index contributed by atoms with van der Waals surface area (Å²) < 4.78 is 0.490. The SMILES string of the molecule is O=CN1CSC(Cl)=C1Cl. The zero-order chi connectivity index (χ0) is 6.85. The average molecular weight is 184 g/mol. The third-order valence-corrected chi connectivity index (χ3v) is 2.85. The molecule has 9 heavy (non-hydrogen) atoms. The van der Waals surface area contributed by atoms with Crippen LogP contribution >= 0.6 is 35.0 Å². The second-order valence-corrected chi connectivity index (χ2v) is 3.33. The van der Waals surface area contributed by atoms with Gasteiger partial charge in [-0.05, 0) is 0 Å². The van der Waals surface area contributed by atoms with Crippen molar-refractivity contribution >= 4 is 41.4 Å². The van der Waals surface area contributed by atoms with Crippen LogP contribution in [0.25, 0.3) is 0 Å². The lowest BCUT2D eigenvalue weighted by Gasteiger charge is -2.04. The van der Waals surface area contributed by atoms with Crippen molar-refractivity contribution in [2.45, 2.75) is 0 Å². The van der Waals surface area contributed by atoms with E-state index in [9.17, 15) is 4.79 Å². The van der Waals surface area contributed by atoms with Crippen LogP contribution in [0.1, 0.15) is 0 Å². The predicted molar refractivity (Wildman–Crippen MR) is 39.1 cm³/mol. The first kappa shape index (κ1) is 7.25. The molecule has 1 rings (SSSR count). The van der Waals surface area contributed by atoms with Gasteiger partial charge in [0.1, 0.15) is 9.52 Å². The minimum Gasteiger partial charge on any atom is -0.293 e. The zero-order valence-electron chi connectivity index (χ0n) is 4.30. The van der Waals surface area contributed by atoms with Crippen molar-refractivity contribution in [1.82, 2.24) is 4.90 Å². The number of carbonyl (C=O) groups is 1. The van der Waals surface area contributed by atoms with E-state index < -0.39 is 0 Å². The molecule has 0 fully saturated rings. The number of halogens is 2. The van der Waals surface area contributed by atoms with Crippen LogP contribution in [0.3, 0.4) is 0 Å². The molecule has 1 aliphatic heterocycles. The Bertz CT molecular complexity index is 170. The van der Waals surface area contributed by atoms with Crippen LogP contribution in [0.15, 0.2) is 9.52 Å². The van der Waals surface area contributed by atoms with Crippen LogP contribution in [-0.2, 0) is 4.79 Å². The molecule has 0 aromatic rings. The number of hydrogen-bond donors (Lipinski definition) is 0. The topological polar surface area (TPSA) is 20.3 Å². The van der Waals surface area contributed by atoms with Gasteiger partial charge in [0.25, 0.3) is 0 Å². The molecule has 0 atom stereocenters. The molecule has 1 aliphatic rings. The Kier molecular flexibility index (Phi) is 2.27. The van der Waals surface area contributed by atoms with Crippen molar-refractivity contribution in [2.24, 2.45) is 0 Å². The fourth-order valence-corrected chi connectivity index (χ4v) is 1.70. The molecule has 0 N–H and O–H groups in total. The van der Waals surface area contributed by atoms with E-state index in [0.717, 1.165) is 0 Å². The third kappa shape index (κ3) is 1.34. The van der Waals surface area contributed by atoms with Crippen molar-refractivity contribution in [1.29, 1.82) is 0 Å². The van der Waals surface area contributed by atoms with E-state index in [1.807, 2.05) is 0 Å². The second kappa shape index (κ2) is 2.82. The molecule has 0 saturated heterocycles. The molecule has 0 radical (unpaired) electrons. The fourth-order valence-electron chi connectivity index (χ4n) is 0.432. The molecule has 5 heteroatoms. The van der Waals surface area contributed by atoms with E-state index in [1.165, 1.54) is 16.7 Å². The van der Waals surface area contributed by atoms with Gasteiger partial charge in [-0.3, -0.25) is 9.69 Å². The Hall–Kier alpha value is 0.140. The molecular formula is C4H3Cl2NOS. The van der Waals surface area contributed by atoms with Gasteiger partial charge < -0.3 is 0 Å². The molecule has 0 aromatic heterocycles. The van der Waals surface area contributed by atoms with Gasteiger partial charge >= 0.3 is 0 Å². The van der Waals surface area contributed by atoms with Gasteiger partial charge in [-0.15, -0.1) is 0 Å². The molecule has 0 aliphatic carbocycles. The van der Waals surface area contributed by atoms with Crippen molar-refractivity contribution in [3.63, 3.8) is 0 Å². The van der Waals surface area contributed by atoms with Gasteiger partial charge in [0.05, 0.1) is 5.88 Å². The summed E-state index contributed by atoms with van der Waals surface area (Å²) in [7, 11) is 0. The smallest absolute Gasteiger partial charge is 0.215 e. The molecule has 0 aromatic carbocycles. The first-order valence-corrected chi connectivity index (χ1v) is 3.90. The van der Waals surface area contributed by atoms with Crippen LogP contribution in [0.4, 0.5) is 0 Å². The monoisotopic (exact) mass is 183 g/mol. The van der Waals surface area contributed by atoms with Crippen LogP contribution in [0.2, 0.25) is 0 Å². The summed E-state index contributed by atoms with van der Waals surface area (Å²) >= 11 is 12.4. The van der Waals surface area contributed by atoms with Crippen molar-refractivity contribution in [2.75, 3.05) is 5.88 Å². The summed E-state index contributed by atoms with van der Waals surface area (Å²) in [6.45, 7) is 0. The number of nitrogens with zero attached hydrogens (tertiary/aromatic N) is 1. The summed E-state index contributed by atoms with van der Waals surface area (Å²) in [5, 5.41) is 0.330. The van der Waals surface area contributed by atoms with Crippen molar-refractivity contribution in [3.05, 3.63) is 9.52 Å². The van der Waals surface area contributed by atoms with E-state index >= 15 is 0 Å². The lowest BCUT2D eigenvalue weighted by Crippen LogP contribution is -2.12.